The molecule has 6 heteroatoms. The number of piperidine rings is 1. The van der Waals surface area contributed by atoms with E-state index < -0.39 is 5.54 Å². The zero-order chi connectivity index (χ0) is 16.4. The van der Waals surface area contributed by atoms with Crippen LogP contribution in [0.2, 0.25) is 0 Å². The molecule has 23 heavy (non-hydrogen) atoms. The minimum atomic E-state index is -0.659. The Morgan fingerprint density at radius 2 is 2.13 bits per heavy atom. The third kappa shape index (κ3) is 2.24. The van der Waals surface area contributed by atoms with Gasteiger partial charge in [-0.15, -0.1) is 0 Å². The number of rotatable bonds is 3. The summed E-state index contributed by atoms with van der Waals surface area (Å²) in [7, 11) is 0. The van der Waals surface area contributed by atoms with Crippen molar-refractivity contribution in [1.29, 1.82) is 0 Å². The molecule has 2 atom stereocenters. The topological polar surface area (TPSA) is 58.4 Å². The quantitative estimate of drug-likeness (QED) is 0.904. The summed E-state index contributed by atoms with van der Waals surface area (Å²) in [6.45, 7) is 7.54. The summed E-state index contributed by atoms with van der Waals surface area (Å²) in [6.07, 6.45) is 3.15. The van der Waals surface area contributed by atoms with Crippen LogP contribution in [-0.4, -0.2) is 28.4 Å². The number of nitrogens with one attached hydrogen (secondary N) is 2. The molecule has 1 aliphatic heterocycles. The fraction of sp³-hybridized carbons (Fsp3) is 0.529. The Hall–Kier alpha value is -1.95. The summed E-state index contributed by atoms with van der Waals surface area (Å²) in [5.41, 5.74) is 1.03. The maximum atomic E-state index is 13.8. The van der Waals surface area contributed by atoms with Crippen LogP contribution in [0.4, 0.5) is 4.39 Å². The molecular formula is C17H21FN4O. The molecule has 2 aromatic heterocycles. The average molecular weight is 316 g/mol. The predicted octanol–water partition coefficient (Wildman–Crippen LogP) is 1.60. The van der Waals surface area contributed by atoms with Gasteiger partial charge in [-0.2, -0.15) is 0 Å². The van der Waals surface area contributed by atoms with Crippen LogP contribution in [-0.2, 0) is 10.3 Å². The highest BCUT2D eigenvalue weighted by atomic mass is 19.1. The molecule has 1 aliphatic carbocycles. The van der Waals surface area contributed by atoms with E-state index in [1.807, 2.05) is 20.8 Å². The second-order valence-corrected chi connectivity index (χ2v) is 7.30. The van der Waals surface area contributed by atoms with E-state index in [9.17, 15) is 9.18 Å². The van der Waals surface area contributed by atoms with Crippen LogP contribution >= 0.6 is 0 Å². The number of halogens is 1. The Morgan fingerprint density at radius 3 is 2.83 bits per heavy atom. The number of aryl methyl sites for hydroxylation is 1. The van der Waals surface area contributed by atoms with Crippen molar-refractivity contribution < 1.29 is 9.18 Å². The molecule has 2 fully saturated rings. The van der Waals surface area contributed by atoms with Crippen molar-refractivity contribution in [3.8, 4) is 0 Å². The summed E-state index contributed by atoms with van der Waals surface area (Å²) in [4.78, 5) is 17.0. The molecule has 1 amide bonds. The number of carbonyl (C=O) groups excluding carboxylic acids is 1. The SMILES string of the molecule is Cc1cc(F)cn2c(C(C)(C)NC(=O)C3C4CNCC43)ncc12. The fourth-order valence-corrected chi connectivity index (χ4v) is 3.94. The standard InChI is InChI=1S/C17H21FN4O/c1-9-4-10(18)8-22-13(9)7-20-16(22)17(2,3)21-15(23)14-11-5-19-6-12(11)14/h4,7-8,11-12,14,19H,5-6H2,1-3H3,(H,21,23). The first kappa shape index (κ1) is 14.6. The van der Waals surface area contributed by atoms with Crippen molar-refractivity contribution in [2.24, 2.45) is 17.8 Å². The molecule has 122 valence electrons. The van der Waals surface area contributed by atoms with E-state index in [4.69, 9.17) is 0 Å². The molecule has 2 aromatic rings. The van der Waals surface area contributed by atoms with Gasteiger partial charge in [0.2, 0.25) is 5.91 Å². The number of fused-ring (bicyclic) bond motifs is 2. The first-order chi connectivity index (χ1) is 10.9. The molecular weight excluding hydrogens is 295 g/mol. The van der Waals surface area contributed by atoms with Gasteiger partial charge in [-0.25, -0.2) is 9.37 Å². The third-order valence-electron chi connectivity index (χ3n) is 5.20. The molecule has 0 spiro atoms. The largest absolute Gasteiger partial charge is 0.344 e. The van der Waals surface area contributed by atoms with E-state index in [-0.39, 0.29) is 17.6 Å². The second-order valence-electron chi connectivity index (χ2n) is 7.30. The molecule has 3 heterocycles. The van der Waals surface area contributed by atoms with Crippen LogP contribution < -0.4 is 10.6 Å². The number of aromatic nitrogens is 2. The Kier molecular flexibility index (Phi) is 3.04. The van der Waals surface area contributed by atoms with Gasteiger partial charge in [0.25, 0.3) is 0 Å². The number of hydrogen-bond acceptors (Lipinski definition) is 3. The van der Waals surface area contributed by atoms with Crippen molar-refractivity contribution in [1.82, 2.24) is 20.0 Å². The molecule has 0 bridgehead atoms. The van der Waals surface area contributed by atoms with E-state index in [1.165, 1.54) is 12.3 Å². The van der Waals surface area contributed by atoms with Gasteiger partial charge in [0, 0.05) is 12.1 Å². The molecule has 2 unspecified atom stereocenters. The smallest absolute Gasteiger partial charge is 0.224 e. The Bertz CT molecular complexity index is 787. The molecule has 0 radical (unpaired) electrons. The normalized spacial score (nSPS) is 26.3. The lowest BCUT2D eigenvalue weighted by molar-refractivity contribution is -0.124. The monoisotopic (exact) mass is 316 g/mol. The number of hydrogen-bond donors (Lipinski definition) is 2. The van der Waals surface area contributed by atoms with Crippen LogP contribution in [0.3, 0.4) is 0 Å². The van der Waals surface area contributed by atoms with Gasteiger partial charge in [-0.1, -0.05) is 0 Å². The maximum absolute atomic E-state index is 13.8. The number of pyridine rings is 1. The first-order valence-corrected chi connectivity index (χ1v) is 8.05. The first-order valence-electron chi connectivity index (χ1n) is 8.05. The van der Waals surface area contributed by atoms with E-state index in [1.54, 1.807) is 10.6 Å². The lowest BCUT2D eigenvalue weighted by Crippen LogP contribution is -2.44. The van der Waals surface area contributed by atoms with Gasteiger partial charge in [-0.05, 0) is 57.3 Å². The summed E-state index contributed by atoms with van der Waals surface area (Å²) in [5, 5.41) is 6.40. The molecule has 2 aliphatic rings. The minimum absolute atomic E-state index is 0.0800. The average Bonchev–Trinajstić information content (AvgIpc) is 2.84. The van der Waals surface area contributed by atoms with Gasteiger partial charge < -0.3 is 10.6 Å². The van der Waals surface area contributed by atoms with Crippen LogP contribution in [0.25, 0.3) is 5.52 Å². The van der Waals surface area contributed by atoms with Crippen molar-refractivity contribution in [2.45, 2.75) is 26.3 Å². The third-order valence-corrected chi connectivity index (χ3v) is 5.20. The fourth-order valence-electron chi connectivity index (χ4n) is 3.94. The second kappa shape index (κ2) is 4.77. The van der Waals surface area contributed by atoms with Crippen molar-refractivity contribution in [3.63, 3.8) is 0 Å². The summed E-state index contributed by atoms with van der Waals surface area (Å²) in [6, 6.07) is 1.49. The van der Waals surface area contributed by atoms with E-state index in [2.05, 4.69) is 15.6 Å². The zero-order valence-corrected chi connectivity index (χ0v) is 13.6. The minimum Gasteiger partial charge on any atom is -0.344 e. The summed E-state index contributed by atoms with van der Waals surface area (Å²) in [5.74, 6) is 1.48. The van der Waals surface area contributed by atoms with E-state index in [0.29, 0.717) is 17.7 Å². The van der Waals surface area contributed by atoms with Gasteiger partial charge >= 0.3 is 0 Å². The summed E-state index contributed by atoms with van der Waals surface area (Å²) >= 11 is 0. The molecule has 4 rings (SSSR count). The molecule has 5 nitrogen and oxygen atoms in total. The maximum Gasteiger partial charge on any atom is 0.224 e. The predicted molar refractivity (Wildman–Crippen MR) is 84.4 cm³/mol. The van der Waals surface area contributed by atoms with E-state index in [0.717, 1.165) is 24.2 Å². The Labute approximate surface area is 134 Å². The lowest BCUT2D eigenvalue weighted by Gasteiger charge is -2.26. The van der Waals surface area contributed by atoms with Crippen molar-refractivity contribution >= 4 is 11.4 Å². The van der Waals surface area contributed by atoms with Crippen molar-refractivity contribution in [2.75, 3.05) is 13.1 Å². The van der Waals surface area contributed by atoms with Gasteiger partial charge in [0.15, 0.2) is 0 Å². The molecule has 2 N–H and O–H groups in total. The number of carbonyl (C=O) groups is 1. The van der Waals surface area contributed by atoms with Crippen molar-refractivity contribution in [3.05, 3.63) is 35.7 Å². The van der Waals surface area contributed by atoms with Crippen LogP contribution in [0.15, 0.2) is 18.5 Å². The summed E-state index contributed by atoms with van der Waals surface area (Å²) < 4.78 is 15.5. The highest BCUT2D eigenvalue weighted by Crippen LogP contribution is 2.49. The zero-order valence-electron chi connectivity index (χ0n) is 13.6. The Balaban J connectivity index is 1.62. The molecule has 1 saturated heterocycles. The number of imidazole rings is 1. The number of amides is 1. The van der Waals surface area contributed by atoms with Gasteiger partial charge in [0.1, 0.15) is 11.6 Å². The molecule has 0 aromatic carbocycles. The van der Waals surface area contributed by atoms with E-state index >= 15 is 0 Å². The number of nitrogens with zero attached hydrogens (tertiary/aromatic N) is 2. The van der Waals surface area contributed by atoms with Crippen LogP contribution in [0.1, 0.15) is 25.2 Å². The van der Waals surface area contributed by atoms with Crippen LogP contribution in [0, 0.1) is 30.5 Å². The van der Waals surface area contributed by atoms with Gasteiger partial charge in [-0.3, -0.25) is 9.20 Å². The van der Waals surface area contributed by atoms with Crippen LogP contribution in [0.5, 0.6) is 0 Å². The Morgan fingerprint density at radius 1 is 1.43 bits per heavy atom. The highest BCUT2D eigenvalue weighted by molar-refractivity contribution is 5.83. The van der Waals surface area contributed by atoms with Gasteiger partial charge in [0.05, 0.1) is 17.3 Å². The highest BCUT2D eigenvalue weighted by Gasteiger charge is 2.57. The lowest BCUT2D eigenvalue weighted by atomic mass is 10.0. The molecule has 1 saturated carbocycles.